The highest BCUT2D eigenvalue weighted by Crippen LogP contribution is 2.31. The molecule has 18 heavy (non-hydrogen) atoms. The molecule has 0 aliphatic heterocycles. The van der Waals surface area contributed by atoms with Crippen LogP contribution in [0.15, 0.2) is 18.3 Å². The van der Waals surface area contributed by atoms with Gasteiger partial charge in [-0.2, -0.15) is 11.8 Å². The topological polar surface area (TPSA) is 34.1 Å². The highest BCUT2D eigenvalue weighted by molar-refractivity contribution is 7.99. The van der Waals surface area contributed by atoms with Gasteiger partial charge in [-0.15, -0.1) is 0 Å². The average Bonchev–Trinajstić information content (AvgIpc) is 2.42. The van der Waals surface area contributed by atoms with Crippen LogP contribution in [0.5, 0.6) is 5.75 Å². The van der Waals surface area contributed by atoms with Crippen molar-refractivity contribution in [2.24, 2.45) is 0 Å². The van der Waals surface area contributed by atoms with E-state index in [0.29, 0.717) is 17.9 Å². The Morgan fingerprint density at radius 3 is 3.06 bits per heavy atom. The van der Waals surface area contributed by atoms with Crippen molar-refractivity contribution in [3.05, 3.63) is 18.3 Å². The number of rotatable bonds is 5. The smallest absolute Gasteiger partial charge is 0.169 e. The number of nitrogens with one attached hydrogen (secondary N) is 1. The minimum Gasteiger partial charge on any atom is -0.490 e. The molecular formula is C14H22N2OS. The van der Waals surface area contributed by atoms with Gasteiger partial charge in [-0.25, -0.2) is 4.98 Å². The predicted octanol–water partition coefficient (Wildman–Crippen LogP) is 3.57. The fourth-order valence-corrected chi connectivity index (χ4v) is 3.43. The maximum absolute atomic E-state index is 5.62. The van der Waals surface area contributed by atoms with E-state index >= 15 is 0 Å². The molecule has 3 nitrogen and oxygen atoms in total. The van der Waals surface area contributed by atoms with Crippen molar-refractivity contribution in [3.63, 3.8) is 0 Å². The molecule has 1 aromatic rings. The third-order valence-electron chi connectivity index (χ3n) is 3.40. The van der Waals surface area contributed by atoms with Crippen LogP contribution < -0.4 is 10.1 Å². The lowest BCUT2D eigenvalue weighted by molar-refractivity contribution is 0.339. The van der Waals surface area contributed by atoms with Gasteiger partial charge in [0.05, 0.1) is 6.61 Å². The number of aromatic nitrogens is 1. The van der Waals surface area contributed by atoms with Crippen LogP contribution in [0, 0.1) is 0 Å². The summed E-state index contributed by atoms with van der Waals surface area (Å²) in [7, 11) is 0. The first kappa shape index (κ1) is 13.5. The molecule has 2 rings (SSSR count). The molecule has 2 atom stereocenters. The lowest BCUT2D eigenvalue weighted by atomic mass is 9.95. The summed E-state index contributed by atoms with van der Waals surface area (Å²) in [5, 5.41) is 4.27. The van der Waals surface area contributed by atoms with E-state index in [9.17, 15) is 0 Å². The first-order valence-corrected chi connectivity index (χ1v) is 8.01. The lowest BCUT2D eigenvalue weighted by Gasteiger charge is -2.31. The van der Waals surface area contributed by atoms with Crippen molar-refractivity contribution in [2.75, 3.05) is 18.2 Å². The van der Waals surface area contributed by atoms with Gasteiger partial charge in [0.1, 0.15) is 0 Å². The first-order valence-electron chi connectivity index (χ1n) is 6.72. The van der Waals surface area contributed by atoms with E-state index in [2.05, 4.69) is 16.6 Å². The van der Waals surface area contributed by atoms with Gasteiger partial charge in [-0.3, -0.25) is 0 Å². The summed E-state index contributed by atoms with van der Waals surface area (Å²) in [5.41, 5.74) is 0. The van der Waals surface area contributed by atoms with Crippen molar-refractivity contribution in [1.82, 2.24) is 4.98 Å². The normalized spacial score (nSPS) is 23.7. The average molecular weight is 266 g/mol. The second-order valence-electron chi connectivity index (χ2n) is 4.59. The highest BCUT2D eigenvalue weighted by Gasteiger charge is 2.25. The Balaban J connectivity index is 2.07. The van der Waals surface area contributed by atoms with E-state index in [1.807, 2.05) is 37.0 Å². The van der Waals surface area contributed by atoms with Crippen molar-refractivity contribution in [2.45, 2.75) is 43.9 Å². The standard InChI is InChI=1S/C14H22N2OS/c1-3-17-12-8-6-10-15-14(12)16-11-7-4-5-9-13(11)18-2/h6,8,10-11,13H,3-5,7,9H2,1-2H3,(H,15,16). The van der Waals surface area contributed by atoms with Crippen molar-refractivity contribution < 1.29 is 4.74 Å². The fourth-order valence-electron chi connectivity index (χ4n) is 2.49. The Labute approximate surface area is 114 Å². The van der Waals surface area contributed by atoms with Crippen LogP contribution in [0.3, 0.4) is 0 Å². The van der Waals surface area contributed by atoms with E-state index in [4.69, 9.17) is 4.74 Å². The summed E-state index contributed by atoms with van der Waals surface area (Å²) in [6.45, 7) is 2.68. The van der Waals surface area contributed by atoms with E-state index in [1.54, 1.807) is 0 Å². The lowest BCUT2D eigenvalue weighted by Crippen LogP contribution is -2.34. The molecule has 4 heteroatoms. The number of hydrogen-bond acceptors (Lipinski definition) is 4. The molecule has 1 fully saturated rings. The summed E-state index contributed by atoms with van der Waals surface area (Å²) in [6.07, 6.45) is 9.22. The largest absolute Gasteiger partial charge is 0.490 e. The van der Waals surface area contributed by atoms with Crippen LogP contribution in [0.1, 0.15) is 32.6 Å². The molecule has 0 spiro atoms. The Morgan fingerprint density at radius 2 is 2.28 bits per heavy atom. The molecule has 1 aliphatic carbocycles. The Morgan fingerprint density at radius 1 is 1.44 bits per heavy atom. The van der Waals surface area contributed by atoms with Crippen molar-refractivity contribution in [3.8, 4) is 5.75 Å². The molecule has 1 N–H and O–H groups in total. The molecule has 1 saturated carbocycles. The molecule has 0 radical (unpaired) electrons. The quantitative estimate of drug-likeness (QED) is 0.883. The van der Waals surface area contributed by atoms with Crippen molar-refractivity contribution >= 4 is 17.6 Å². The molecule has 0 saturated heterocycles. The second kappa shape index (κ2) is 6.88. The number of thioether (sulfide) groups is 1. The van der Waals surface area contributed by atoms with Crippen LogP contribution >= 0.6 is 11.8 Å². The highest BCUT2D eigenvalue weighted by atomic mass is 32.2. The maximum atomic E-state index is 5.62. The molecule has 0 aromatic carbocycles. The summed E-state index contributed by atoms with van der Waals surface area (Å²) in [5.74, 6) is 1.76. The zero-order valence-electron chi connectivity index (χ0n) is 11.2. The van der Waals surface area contributed by atoms with Crippen LogP contribution in [0.25, 0.3) is 0 Å². The molecule has 100 valence electrons. The Bertz CT molecular complexity index is 373. The molecule has 2 unspecified atom stereocenters. The SMILES string of the molecule is CCOc1cccnc1NC1CCCCC1SC. The van der Waals surface area contributed by atoms with Gasteiger partial charge in [-0.05, 0) is 38.2 Å². The summed E-state index contributed by atoms with van der Waals surface area (Å²) >= 11 is 1.96. The van der Waals surface area contributed by atoms with E-state index in [1.165, 1.54) is 25.7 Å². The second-order valence-corrected chi connectivity index (χ2v) is 5.67. The van der Waals surface area contributed by atoms with Crippen LogP contribution in [0.4, 0.5) is 5.82 Å². The van der Waals surface area contributed by atoms with Crippen LogP contribution in [-0.4, -0.2) is 29.1 Å². The van der Waals surface area contributed by atoms with E-state index in [-0.39, 0.29) is 0 Å². The molecule has 0 bridgehead atoms. The molecule has 1 heterocycles. The van der Waals surface area contributed by atoms with Gasteiger partial charge in [0.2, 0.25) is 0 Å². The third-order valence-corrected chi connectivity index (χ3v) is 4.57. The molecule has 1 aliphatic rings. The Kier molecular flexibility index (Phi) is 5.17. The first-order chi connectivity index (χ1) is 8.85. The Hall–Kier alpha value is -0.900. The summed E-state index contributed by atoms with van der Waals surface area (Å²) < 4.78 is 5.62. The number of ether oxygens (including phenoxy) is 1. The third kappa shape index (κ3) is 3.31. The van der Waals surface area contributed by atoms with Crippen LogP contribution in [-0.2, 0) is 0 Å². The number of anilines is 1. The van der Waals surface area contributed by atoms with Gasteiger partial charge in [0, 0.05) is 17.5 Å². The zero-order valence-corrected chi connectivity index (χ0v) is 12.0. The van der Waals surface area contributed by atoms with Gasteiger partial charge < -0.3 is 10.1 Å². The zero-order chi connectivity index (χ0) is 12.8. The fraction of sp³-hybridized carbons (Fsp3) is 0.643. The molecule has 1 aromatic heterocycles. The molecule has 0 amide bonds. The van der Waals surface area contributed by atoms with Gasteiger partial charge in [0.25, 0.3) is 0 Å². The number of pyridine rings is 1. The van der Waals surface area contributed by atoms with E-state index < -0.39 is 0 Å². The number of nitrogens with zero attached hydrogens (tertiary/aromatic N) is 1. The van der Waals surface area contributed by atoms with Gasteiger partial charge in [0.15, 0.2) is 11.6 Å². The van der Waals surface area contributed by atoms with Gasteiger partial charge in [-0.1, -0.05) is 12.8 Å². The molecular weight excluding hydrogens is 244 g/mol. The summed E-state index contributed by atoms with van der Waals surface area (Å²) in [4.78, 5) is 4.41. The van der Waals surface area contributed by atoms with E-state index in [0.717, 1.165) is 11.6 Å². The van der Waals surface area contributed by atoms with Crippen molar-refractivity contribution in [1.29, 1.82) is 0 Å². The monoisotopic (exact) mass is 266 g/mol. The summed E-state index contributed by atoms with van der Waals surface area (Å²) in [6, 6.07) is 4.42. The van der Waals surface area contributed by atoms with Gasteiger partial charge >= 0.3 is 0 Å². The minimum absolute atomic E-state index is 0.517. The predicted molar refractivity (Wildman–Crippen MR) is 78.6 cm³/mol. The maximum Gasteiger partial charge on any atom is 0.169 e. The van der Waals surface area contributed by atoms with Crippen LogP contribution in [0.2, 0.25) is 0 Å². The number of hydrogen-bond donors (Lipinski definition) is 1. The minimum atomic E-state index is 0.517.